The molecule has 1 atom stereocenters. The molecule has 2 aromatic heterocycles. The smallest absolute Gasteiger partial charge is 0.228 e. The molecule has 0 radical (unpaired) electrons. The van der Waals surface area contributed by atoms with Gasteiger partial charge in [0.25, 0.3) is 0 Å². The van der Waals surface area contributed by atoms with Gasteiger partial charge in [-0.15, -0.1) is 0 Å². The molecule has 0 amide bonds. The summed E-state index contributed by atoms with van der Waals surface area (Å²) in [7, 11) is 1.96. The highest BCUT2D eigenvalue weighted by Gasteiger charge is 2.41. The van der Waals surface area contributed by atoms with Crippen molar-refractivity contribution in [2.24, 2.45) is 7.05 Å². The highest BCUT2D eigenvalue weighted by atomic mass is 32.2. The van der Waals surface area contributed by atoms with Gasteiger partial charge in [-0.1, -0.05) is 12.1 Å². The molecule has 0 spiro atoms. The van der Waals surface area contributed by atoms with E-state index in [4.69, 9.17) is 9.97 Å². The van der Waals surface area contributed by atoms with Gasteiger partial charge in [-0.05, 0) is 60.1 Å². The van der Waals surface area contributed by atoms with Crippen LogP contribution in [-0.2, 0) is 37.6 Å². The van der Waals surface area contributed by atoms with Crippen LogP contribution in [0, 0.1) is 0 Å². The molecule has 4 heterocycles. The quantitative estimate of drug-likeness (QED) is 0.559. The molecule has 2 aliphatic heterocycles. The standard InChI is InChI=1S/C24H28N6O2S/c1-29-20(5-10-25-29)17-3-4-18-14-30(11-6-16(18)13-17)23-26-19-7-12-33(32)21(19)22(27-23)28-24(15-31)8-2-9-24/h3-5,10,13,31H,2,6-9,11-12,14-15H2,1H3,(H,26,27,28)/t33-/m1/s1. The number of aliphatic hydroxyl groups excluding tert-OH is 1. The molecule has 6 rings (SSSR count). The Morgan fingerprint density at radius 2 is 2.06 bits per heavy atom. The molecular weight excluding hydrogens is 436 g/mol. The lowest BCUT2D eigenvalue weighted by atomic mass is 9.77. The van der Waals surface area contributed by atoms with E-state index in [1.165, 1.54) is 16.7 Å². The maximum absolute atomic E-state index is 12.7. The van der Waals surface area contributed by atoms with Gasteiger partial charge in [0.05, 0.1) is 17.8 Å². The van der Waals surface area contributed by atoms with E-state index >= 15 is 0 Å². The van der Waals surface area contributed by atoms with E-state index < -0.39 is 11.2 Å². The number of fused-ring (bicyclic) bond motifs is 2. The van der Waals surface area contributed by atoms with Gasteiger partial charge in [0.1, 0.15) is 11.4 Å². The largest absolute Gasteiger partial charge is 0.611 e. The predicted octanol–water partition coefficient (Wildman–Crippen LogP) is 2.43. The molecule has 1 aliphatic carbocycles. The van der Waals surface area contributed by atoms with Gasteiger partial charge < -0.3 is 19.9 Å². The second-order valence-corrected chi connectivity index (χ2v) is 10.9. The van der Waals surface area contributed by atoms with Gasteiger partial charge in [0.2, 0.25) is 10.8 Å². The van der Waals surface area contributed by atoms with E-state index in [0.29, 0.717) is 23.9 Å². The third-order valence-electron chi connectivity index (χ3n) is 7.29. The maximum atomic E-state index is 12.7. The summed E-state index contributed by atoms with van der Waals surface area (Å²) in [6.07, 6.45) is 6.33. The van der Waals surface area contributed by atoms with E-state index in [9.17, 15) is 9.66 Å². The fourth-order valence-electron chi connectivity index (χ4n) is 5.13. The third kappa shape index (κ3) is 3.59. The lowest BCUT2D eigenvalue weighted by Crippen LogP contribution is -2.49. The van der Waals surface area contributed by atoms with Crippen LogP contribution in [0.3, 0.4) is 0 Å². The van der Waals surface area contributed by atoms with Crippen LogP contribution in [0.1, 0.15) is 36.1 Å². The van der Waals surface area contributed by atoms with E-state index in [1.54, 1.807) is 0 Å². The summed E-state index contributed by atoms with van der Waals surface area (Å²) in [5, 5.41) is 17.7. The number of rotatable bonds is 5. The van der Waals surface area contributed by atoms with Crippen LogP contribution in [0.5, 0.6) is 0 Å². The summed E-state index contributed by atoms with van der Waals surface area (Å²) in [5.41, 5.74) is 5.45. The first kappa shape index (κ1) is 20.9. The van der Waals surface area contributed by atoms with Gasteiger partial charge >= 0.3 is 0 Å². The molecule has 8 nitrogen and oxygen atoms in total. The molecule has 3 aliphatic rings. The van der Waals surface area contributed by atoms with Crippen LogP contribution < -0.4 is 10.2 Å². The first-order chi connectivity index (χ1) is 16.0. The molecule has 0 saturated heterocycles. The Labute approximate surface area is 196 Å². The van der Waals surface area contributed by atoms with E-state index in [0.717, 1.165) is 55.1 Å². The van der Waals surface area contributed by atoms with Crippen LogP contribution in [-0.4, -0.2) is 53.9 Å². The Morgan fingerprint density at radius 1 is 1.18 bits per heavy atom. The number of aryl methyl sites for hydroxylation is 2. The fraction of sp³-hybridized carbons (Fsp3) is 0.458. The van der Waals surface area contributed by atoms with Crippen LogP contribution >= 0.6 is 0 Å². The molecule has 3 aromatic rings. The zero-order chi connectivity index (χ0) is 22.6. The van der Waals surface area contributed by atoms with Gasteiger partial charge in [-0.25, -0.2) is 4.98 Å². The summed E-state index contributed by atoms with van der Waals surface area (Å²) < 4.78 is 14.6. The summed E-state index contributed by atoms with van der Waals surface area (Å²) in [4.78, 5) is 12.6. The summed E-state index contributed by atoms with van der Waals surface area (Å²) in [6.45, 7) is 1.63. The Balaban J connectivity index is 1.30. The normalized spacial score (nSPS) is 20.8. The summed E-state index contributed by atoms with van der Waals surface area (Å²) in [5.74, 6) is 1.93. The predicted molar refractivity (Wildman–Crippen MR) is 128 cm³/mol. The average molecular weight is 465 g/mol. The lowest BCUT2D eigenvalue weighted by Gasteiger charge is -2.41. The van der Waals surface area contributed by atoms with E-state index in [-0.39, 0.29) is 12.1 Å². The van der Waals surface area contributed by atoms with Crippen molar-refractivity contribution in [2.45, 2.75) is 49.1 Å². The number of anilines is 2. The van der Waals surface area contributed by atoms with Crippen molar-refractivity contribution in [3.63, 3.8) is 0 Å². The Bertz CT molecular complexity index is 1200. The Kier molecular flexibility index (Phi) is 5.08. The molecule has 1 saturated carbocycles. The van der Waals surface area contributed by atoms with Crippen molar-refractivity contribution in [2.75, 3.05) is 29.1 Å². The van der Waals surface area contributed by atoms with Crippen LogP contribution in [0.25, 0.3) is 11.3 Å². The molecule has 0 unspecified atom stereocenters. The summed E-state index contributed by atoms with van der Waals surface area (Å²) >= 11 is -1.09. The van der Waals surface area contributed by atoms with Crippen molar-refractivity contribution >= 4 is 22.9 Å². The number of hydrogen-bond acceptors (Lipinski definition) is 7. The Hall–Kier alpha value is -2.62. The number of hydrogen-bond donors (Lipinski definition) is 2. The van der Waals surface area contributed by atoms with Crippen LogP contribution in [0.15, 0.2) is 35.4 Å². The minimum atomic E-state index is -1.09. The number of nitrogens with one attached hydrogen (secondary N) is 1. The zero-order valence-electron chi connectivity index (χ0n) is 18.8. The van der Waals surface area contributed by atoms with Crippen molar-refractivity contribution in [3.05, 3.63) is 47.3 Å². The third-order valence-corrected chi connectivity index (χ3v) is 8.75. The SMILES string of the molecule is Cn1nccc1-c1ccc2c(c1)CCN(c1nc3c(c(NC4(CO)CCC4)n1)[S@+]([O-])CC3)C2. The van der Waals surface area contributed by atoms with Gasteiger partial charge in [-0.2, -0.15) is 10.1 Å². The van der Waals surface area contributed by atoms with Crippen LogP contribution in [0.4, 0.5) is 11.8 Å². The second-order valence-electron chi connectivity index (χ2n) is 9.36. The van der Waals surface area contributed by atoms with Crippen LogP contribution in [0.2, 0.25) is 0 Å². The monoisotopic (exact) mass is 464 g/mol. The molecule has 33 heavy (non-hydrogen) atoms. The number of aromatic nitrogens is 4. The first-order valence-corrected chi connectivity index (χ1v) is 12.9. The Morgan fingerprint density at radius 3 is 2.79 bits per heavy atom. The highest BCUT2D eigenvalue weighted by Crippen LogP contribution is 2.39. The zero-order valence-corrected chi connectivity index (χ0v) is 19.6. The summed E-state index contributed by atoms with van der Waals surface area (Å²) in [6, 6.07) is 8.65. The minimum Gasteiger partial charge on any atom is -0.611 e. The lowest BCUT2D eigenvalue weighted by molar-refractivity contribution is 0.143. The van der Waals surface area contributed by atoms with Crippen molar-refractivity contribution in [1.82, 2.24) is 19.7 Å². The minimum absolute atomic E-state index is 0.0594. The van der Waals surface area contributed by atoms with Crippen molar-refractivity contribution in [1.29, 1.82) is 0 Å². The average Bonchev–Trinajstić information content (AvgIpc) is 3.41. The molecule has 2 N–H and O–H groups in total. The van der Waals surface area contributed by atoms with Gasteiger partial charge in [-0.3, -0.25) is 4.68 Å². The molecule has 1 fully saturated rings. The second kappa shape index (κ2) is 8.00. The van der Waals surface area contributed by atoms with Gasteiger partial charge in [0.15, 0.2) is 5.82 Å². The van der Waals surface area contributed by atoms with Crippen molar-refractivity contribution < 1.29 is 9.66 Å². The number of aliphatic hydroxyl groups is 1. The maximum Gasteiger partial charge on any atom is 0.228 e. The molecule has 9 heteroatoms. The van der Waals surface area contributed by atoms with Gasteiger partial charge in [0, 0.05) is 38.3 Å². The highest BCUT2D eigenvalue weighted by molar-refractivity contribution is 7.91. The topological polar surface area (TPSA) is 102 Å². The first-order valence-electron chi connectivity index (χ1n) is 11.6. The van der Waals surface area contributed by atoms with E-state index in [1.807, 2.05) is 24.0 Å². The van der Waals surface area contributed by atoms with E-state index in [2.05, 4.69) is 33.5 Å². The number of nitrogens with zero attached hydrogens (tertiary/aromatic N) is 5. The molecule has 1 aromatic carbocycles. The molecule has 172 valence electrons. The fourth-order valence-corrected chi connectivity index (χ4v) is 6.43. The number of benzene rings is 1. The molecule has 0 bridgehead atoms. The van der Waals surface area contributed by atoms with Crippen molar-refractivity contribution in [3.8, 4) is 11.3 Å². The molecular formula is C24H28N6O2S.